The monoisotopic (exact) mass is 302 g/mol. The molecule has 0 spiro atoms. The van der Waals surface area contributed by atoms with Crippen LogP contribution in [0.3, 0.4) is 0 Å². The predicted molar refractivity (Wildman–Crippen MR) is 79.2 cm³/mol. The van der Waals surface area contributed by atoms with Crippen molar-refractivity contribution in [1.82, 2.24) is 10.0 Å². The van der Waals surface area contributed by atoms with Gasteiger partial charge in [-0.25, -0.2) is 13.1 Å². The molecule has 2 N–H and O–H groups in total. The number of hydrogen-bond donors (Lipinski definition) is 2. The van der Waals surface area contributed by atoms with E-state index in [4.69, 9.17) is 0 Å². The number of piperidine rings is 1. The minimum atomic E-state index is -3.36. The van der Waals surface area contributed by atoms with Gasteiger partial charge in [0.25, 0.3) is 0 Å². The van der Waals surface area contributed by atoms with Crippen molar-refractivity contribution in [3.8, 4) is 0 Å². The maximum Gasteiger partial charge on any atom is 0.250 e. The van der Waals surface area contributed by atoms with Crippen molar-refractivity contribution in [3.05, 3.63) is 16.5 Å². The fraction of sp³-hybridized carbons (Fsp3) is 0.692. The second kappa shape index (κ2) is 5.52. The Morgan fingerprint density at radius 3 is 2.53 bits per heavy atom. The second-order valence-electron chi connectivity index (χ2n) is 5.71. The highest BCUT2D eigenvalue weighted by atomic mass is 32.2. The van der Waals surface area contributed by atoms with Gasteiger partial charge in [-0.05, 0) is 56.8 Å². The number of hydrogen-bond acceptors (Lipinski definition) is 4. The average molecular weight is 302 g/mol. The average Bonchev–Trinajstić information content (AvgIpc) is 2.68. The smallest absolute Gasteiger partial charge is 0.250 e. The van der Waals surface area contributed by atoms with Gasteiger partial charge in [0.15, 0.2) is 0 Å². The van der Waals surface area contributed by atoms with Crippen molar-refractivity contribution in [3.63, 3.8) is 0 Å². The number of nitrogens with one attached hydrogen (secondary N) is 2. The van der Waals surface area contributed by atoms with Crippen molar-refractivity contribution in [2.45, 2.75) is 37.8 Å². The highest BCUT2D eigenvalue weighted by molar-refractivity contribution is 7.91. The van der Waals surface area contributed by atoms with E-state index in [0.29, 0.717) is 10.8 Å². The number of thiophene rings is 1. The van der Waals surface area contributed by atoms with Crippen LogP contribution in [-0.4, -0.2) is 28.1 Å². The summed E-state index contributed by atoms with van der Waals surface area (Å²) in [6.45, 7) is 8.40. The van der Waals surface area contributed by atoms with Crippen molar-refractivity contribution in [2.24, 2.45) is 5.41 Å². The fourth-order valence-electron chi connectivity index (χ4n) is 2.43. The third kappa shape index (κ3) is 3.56. The quantitative estimate of drug-likeness (QED) is 0.895. The van der Waals surface area contributed by atoms with E-state index in [9.17, 15) is 8.42 Å². The Morgan fingerprint density at radius 2 is 2.00 bits per heavy atom. The van der Waals surface area contributed by atoms with Gasteiger partial charge in [-0.2, -0.15) is 0 Å². The van der Waals surface area contributed by atoms with E-state index >= 15 is 0 Å². The molecule has 1 aliphatic rings. The molecule has 0 aromatic carbocycles. The van der Waals surface area contributed by atoms with Gasteiger partial charge in [0.05, 0.1) is 0 Å². The summed E-state index contributed by atoms with van der Waals surface area (Å²) in [5, 5.41) is 3.31. The van der Waals surface area contributed by atoms with Crippen molar-refractivity contribution < 1.29 is 8.42 Å². The summed E-state index contributed by atoms with van der Waals surface area (Å²) in [6.07, 6.45) is 2.02. The van der Waals surface area contributed by atoms with Crippen LogP contribution in [0.4, 0.5) is 0 Å². The molecule has 2 heterocycles. The Bertz CT molecular complexity index is 543. The first-order valence-electron chi connectivity index (χ1n) is 6.60. The number of sulfonamides is 1. The third-order valence-electron chi connectivity index (χ3n) is 3.74. The zero-order valence-corrected chi connectivity index (χ0v) is 13.4. The molecule has 2 rings (SSSR count). The zero-order chi connectivity index (χ0) is 14.1. The van der Waals surface area contributed by atoms with E-state index in [2.05, 4.69) is 17.0 Å². The minimum absolute atomic E-state index is 0.0680. The van der Waals surface area contributed by atoms with E-state index in [1.54, 1.807) is 0 Å². The normalized spacial score (nSPS) is 19.5. The fourth-order valence-corrected chi connectivity index (χ4v) is 5.34. The molecule has 1 saturated heterocycles. The predicted octanol–water partition coefficient (Wildman–Crippen LogP) is 2.03. The first kappa shape index (κ1) is 15.0. The zero-order valence-electron chi connectivity index (χ0n) is 11.7. The van der Waals surface area contributed by atoms with Crippen LogP contribution >= 0.6 is 11.3 Å². The first-order valence-corrected chi connectivity index (χ1v) is 8.90. The molecular formula is C13H22N2O2S2. The van der Waals surface area contributed by atoms with E-state index in [1.165, 1.54) is 11.3 Å². The summed E-state index contributed by atoms with van der Waals surface area (Å²) in [5.41, 5.74) is 0.906. The summed E-state index contributed by atoms with van der Waals surface area (Å²) < 4.78 is 27.9. The van der Waals surface area contributed by atoms with Gasteiger partial charge in [-0.15, -0.1) is 11.3 Å². The molecule has 0 unspecified atom stereocenters. The highest BCUT2D eigenvalue weighted by Gasteiger charge is 2.29. The van der Waals surface area contributed by atoms with Gasteiger partial charge >= 0.3 is 0 Å². The molecule has 108 valence electrons. The topological polar surface area (TPSA) is 58.2 Å². The largest absolute Gasteiger partial charge is 0.317 e. The summed E-state index contributed by atoms with van der Waals surface area (Å²) in [7, 11) is -3.36. The van der Waals surface area contributed by atoms with E-state index < -0.39 is 10.0 Å². The highest BCUT2D eigenvalue weighted by Crippen LogP contribution is 2.29. The lowest BCUT2D eigenvalue weighted by Crippen LogP contribution is -2.42. The standard InChI is InChI=1S/C13H22N2O2S2/c1-10-8-11(2)18-12(10)19(16,17)15-9-13(3)4-6-14-7-5-13/h8,14-15H,4-7,9H2,1-3H3. The van der Waals surface area contributed by atoms with E-state index in [0.717, 1.165) is 36.4 Å². The van der Waals surface area contributed by atoms with Crippen LogP contribution in [0.5, 0.6) is 0 Å². The maximum absolute atomic E-state index is 12.3. The number of rotatable bonds is 4. The van der Waals surface area contributed by atoms with Crippen LogP contribution < -0.4 is 10.0 Å². The number of aryl methyl sites for hydroxylation is 2. The summed E-state index contributed by atoms with van der Waals surface area (Å²) in [6, 6.07) is 1.92. The second-order valence-corrected chi connectivity index (χ2v) is 8.93. The summed E-state index contributed by atoms with van der Waals surface area (Å²) >= 11 is 1.34. The van der Waals surface area contributed by atoms with Gasteiger partial charge in [-0.3, -0.25) is 0 Å². The van der Waals surface area contributed by atoms with Crippen LogP contribution in [0.1, 0.15) is 30.2 Å². The molecule has 1 fully saturated rings. The molecule has 1 aliphatic heterocycles. The molecule has 4 nitrogen and oxygen atoms in total. The molecule has 1 aromatic rings. The van der Waals surface area contributed by atoms with Crippen LogP contribution in [0, 0.1) is 19.3 Å². The lowest BCUT2D eigenvalue weighted by molar-refractivity contribution is 0.232. The van der Waals surface area contributed by atoms with Crippen LogP contribution in [0.15, 0.2) is 10.3 Å². The molecule has 0 saturated carbocycles. The van der Waals surface area contributed by atoms with Gasteiger partial charge in [0, 0.05) is 11.4 Å². The molecule has 0 bridgehead atoms. The minimum Gasteiger partial charge on any atom is -0.317 e. The Hall–Kier alpha value is -0.430. The summed E-state index contributed by atoms with van der Waals surface area (Å²) in [4.78, 5) is 1.03. The Kier molecular flexibility index (Phi) is 4.35. The molecule has 0 amide bonds. The molecular weight excluding hydrogens is 280 g/mol. The first-order chi connectivity index (χ1) is 8.82. The van der Waals surface area contributed by atoms with Gasteiger partial charge in [0.2, 0.25) is 10.0 Å². The maximum atomic E-state index is 12.3. The van der Waals surface area contributed by atoms with Crippen molar-refractivity contribution in [1.29, 1.82) is 0 Å². The molecule has 0 radical (unpaired) electrons. The molecule has 6 heteroatoms. The van der Waals surface area contributed by atoms with Crippen LogP contribution in [0.2, 0.25) is 0 Å². The lowest BCUT2D eigenvalue weighted by Gasteiger charge is -2.34. The van der Waals surface area contributed by atoms with E-state index in [-0.39, 0.29) is 5.41 Å². The molecule has 0 aliphatic carbocycles. The van der Waals surface area contributed by atoms with Gasteiger partial charge in [-0.1, -0.05) is 6.92 Å². The Morgan fingerprint density at radius 1 is 1.37 bits per heavy atom. The van der Waals surface area contributed by atoms with Crippen molar-refractivity contribution in [2.75, 3.05) is 19.6 Å². The molecule has 0 atom stereocenters. The Labute approximate surface area is 119 Å². The SMILES string of the molecule is Cc1cc(C)c(S(=O)(=O)NCC2(C)CCNCC2)s1. The Balaban J connectivity index is 2.07. The van der Waals surface area contributed by atoms with Crippen LogP contribution in [-0.2, 0) is 10.0 Å². The van der Waals surface area contributed by atoms with Crippen molar-refractivity contribution >= 4 is 21.4 Å². The molecule has 1 aromatic heterocycles. The molecule has 19 heavy (non-hydrogen) atoms. The van der Waals surface area contributed by atoms with Gasteiger partial charge < -0.3 is 5.32 Å². The lowest BCUT2D eigenvalue weighted by atomic mass is 9.81. The van der Waals surface area contributed by atoms with Gasteiger partial charge in [0.1, 0.15) is 4.21 Å². The third-order valence-corrected chi connectivity index (χ3v) is 6.93. The van der Waals surface area contributed by atoms with Crippen LogP contribution in [0.25, 0.3) is 0 Å². The van der Waals surface area contributed by atoms with E-state index in [1.807, 2.05) is 19.9 Å². The summed E-state index contributed by atoms with van der Waals surface area (Å²) in [5.74, 6) is 0.